The van der Waals surface area contributed by atoms with Gasteiger partial charge in [-0.2, -0.15) is 0 Å². The molecule has 0 bridgehead atoms. The molecule has 0 aromatic carbocycles. The van der Waals surface area contributed by atoms with Gasteiger partial charge >= 0.3 is 5.97 Å². The minimum absolute atomic E-state index is 0.00188. The Labute approximate surface area is 128 Å². The maximum atomic E-state index is 12.2. The second-order valence-corrected chi connectivity index (χ2v) is 6.81. The van der Waals surface area contributed by atoms with Crippen LogP contribution in [0.4, 0.5) is 0 Å². The van der Waals surface area contributed by atoms with Crippen molar-refractivity contribution in [2.45, 2.75) is 27.2 Å². The summed E-state index contributed by atoms with van der Waals surface area (Å²) in [4.78, 5) is 29.6. The van der Waals surface area contributed by atoms with Crippen LogP contribution in [-0.4, -0.2) is 40.0 Å². The highest BCUT2D eigenvalue weighted by Crippen LogP contribution is 2.38. The van der Waals surface area contributed by atoms with E-state index in [2.05, 4.69) is 4.98 Å². The van der Waals surface area contributed by atoms with Crippen LogP contribution in [0.1, 0.15) is 31.0 Å². The summed E-state index contributed by atoms with van der Waals surface area (Å²) in [7, 11) is 0. The number of amides is 1. The molecule has 6 heteroatoms. The van der Waals surface area contributed by atoms with Crippen molar-refractivity contribution in [2.24, 2.45) is 11.3 Å². The van der Waals surface area contributed by atoms with Gasteiger partial charge in [-0.3, -0.25) is 9.59 Å². The van der Waals surface area contributed by atoms with E-state index in [1.165, 1.54) is 17.4 Å². The summed E-state index contributed by atoms with van der Waals surface area (Å²) in [6.07, 6.45) is 3.67. The number of hydrogen-bond donors (Lipinski definition) is 1. The maximum Gasteiger partial charge on any atom is 0.311 e. The molecule has 1 N–H and O–H groups in total. The fourth-order valence-corrected chi connectivity index (χ4v) is 3.21. The SMILES string of the molecule is Cc1nc(/C=C/C(=O)N2CCC(C(=O)O)(C(C)C)C2)cs1. The van der Waals surface area contributed by atoms with Crippen LogP contribution in [0, 0.1) is 18.3 Å². The first-order valence-electron chi connectivity index (χ1n) is 6.97. The third-order valence-electron chi connectivity index (χ3n) is 4.18. The van der Waals surface area contributed by atoms with Gasteiger partial charge in [0.2, 0.25) is 5.91 Å². The van der Waals surface area contributed by atoms with Gasteiger partial charge in [0.1, 0.15) is 0 Å². The van der Waals surface area contributed by atoms with Crippen LogP contribution in [0.3, 0.4) is 0 Å². The molecule has 1 amide bonds. The van der Waals surface area contributed by atoms with Gasteiger partial charge in [-0.25, -0.2) is 4.98 Å². The molecule has 1 unspecified atom stereocenters. The Morgan fingerprint density at radius 2 is 2.24 bits per heavy atom. The number of carboxylic acids is 1. The zero-order valence-corrected chi connectivity index (χ0v) is 13.3. The van der Waals surface area contributed by atoms with Crippen molar-refractivity contribution >= 4 is 29.3 Å². The Bertz CT molecular complexity index is 579. The molecule has 1 saturated heterocycles. The number of hydrogen-bond acceptors (Lipinski definition) is 4. The first kappa shape index (κ1) is 15.7. The van der Waals surface area contributed by atoms with Gasteiger partial charge in [-0.1, -0.05) is 13.8 Å². The number of carbonyl (C=O) groups is 2. The highest BCUT2D eigenvalue weighted by molar-refractivity contribution is 7.09. The van der Waals surface area contributed by atoms with Crippen LogP contribution in [-0.2, 0) is 9.59 Å². The zero-order valence-electron chi connectivity index (χ0n) is 12.5. The molecule has 0 spiro atoms. The number of carbonyl (C=O) groups excluding carboxylic acids is 1. The second-order valence-electron chi connectivity index (χ2n) is 5.75. The highest BCUT2D eigenvalue weighted by atomic mass is 32.1. The number of thiazole rings is 1. The van der Waals surface area contributed by atoms with Crippen molar-refractivity contribution in [3.05, 3.63) is 22.2 Å². The number of aryl methyl sites for hydroxylation is 1. The fraction of sp³-hybridized carbons (Fsp3) is 0.533. The average molecular weight is 308 g/mol. The largest absolute Gasteiger partial charge is 0.481 e. The smallest absolute Gasteiger partial charge is 0.311 e. The number of carboxylic acid groups (broad SMARTS) is 1. The summed E-state index contributed by atoms with van der Waals surface area (Å²) in [5.41, 5.74) is -0.0563. The molecule has 1 fully saturated rings. The van der Waals surface area contributed by atoms with E-state index < -0.39 is 11.4 Å². The molecular formula is C15H20N2O3S. The molecule has 5 nitrogen and oxygen atoms in total. The van der Waals surface area contributed by atoms with E-state index in [-0.39, 0.29) is 18.4 Å². The molecule has 2 heterocycles. The van der Waals surface area contributed by atoms with E-state index in [9.17, 15) is 14.7 Å². The van der Waals surface area contributed by atoms with Gasteiger partial charge in [-0.15, -0.1) is 11.3 Å². The molecule has 0 radical (unpaired) electrons. The quantitative estimate of drug-likeness (QED) is 0.867. The molecular weight excluding hydrogens is 288 g/mol. The van der Waals surface area contributed by atoms with Crippen molar-refractivity contribution in [1.82, 2.24) is 9.88 Å². The van der Waals surface area contributed by atoms with Gasteiger partial charge in [0.05, 0.1) is 16.1 Å². The summed E-state index contributed by atoms with van der Waals surface area (Å²) in [5, 5.41) is 12.3. The van der Waals surface area contributed by atoms with Gasteiger partial charge < -0.3 is 10.0 Å². The first-order valence-corrected chi connectivity index (χ1v) is 7.85. The molecule has 1 aliphatic rings. The average Bonchev–Trinajstić information content (AvgIpc) is 3.03. The van der Waals surface area contributed by atoms with Gasteiger partial charge in [0.25, 0.3) is 0 Å². The summed E-state index contributed by atoms with van der Waals surface area (Å²) in [6.45, 7) is 6.48. The normalized spacial score (nSPS) is 22.4. The third kappa shape index (κ3) is 3.15. The standard InChI is InChI=1S/C15H20N2O3S/c1-10(2)15(14(19)20)6-7-17(9-15)13(18)5-4-12-8-21-11(3)16-12/h4-5,8,10H,6-7,9H2,1-3H3,(H,19,20)/b5-4+. The van der Waals surface area contributed by atoms with Gasteiger partial charge in [-0.05, 0) is 25.3 Å². The Balaban J connectivity index is 2.05. The zero-order chi connectivity index (χ0) is 15.6. The van der Waals surface area contributed by atoms with Crippen LogP contribution in [0.2, 0.25) is 0 Å². The van der Waals surface area contributed by atoms with E-state index in [4.69, 9.17) is 0 Å². The van der Waals surface area contributed by atoms with Crippen molar-refractivity contribution in [1.29, 1.82) is 0 Å². The Morgan fingerprint density at radius 3 is 2.71 bits per heavy atom. The van der Waals surface area contributed by atoms with E-state index in [1.54, 1.807) is 11.0 Å². The van der Waals surface area contributed by atoms with Crippen LogP contribution in [0.25, 0.3) is 6.08 Å². The highest BCUT2D eigenvalue weighted by Gasteiger charge is 2.48. The second kappa shape index (κ2) is 5.97. The van der Waals surface area contributed by atoms with Crippen molar-refractivity contribution in [3.8, 4) is 0 Å². The molecule has 0 aliphatic carbocycles. The number of aromatic nitrogens is 1. The monoisotopic (exact) mass is 308 g/mol. The van der Waals surface area contributed by atoms with E-state index in [0.29, 0.717) is 13.0 Å². The molecule has 1 aromatic heterocycles. The van der Waals surface area contributed by atoms with Gasteiger partial charge in [0, 0.05) is 24.5 Å². The van der Waals surface area contributed by atoms with E-state index in [0.717, 1.165) is 10.7 Å². The molecule has 0 saturated carbocycles. The van der Waals surface area contributed by atoms with Crippen molar-refractivity contribution in [3.63, 3.8) is 0 Å². The van der Waals surface area contributed by atoms with Crippen LogP contribution in [0.15, 0.2) is 11.5 Å². The third-order valence-corrected chi connectivity index (χ3v) is 4.97. The first-order chi connectivity index (χ1) is 9.85. The lowest BCUT2D eigenvalue weighted by Gasteiger charge is -2.28. The molecule has 2 rings (SSSR count). The van der Waals surface area contributed by atoms with Crippen LogP contribution in [0.5, 0.6) is 0 Å². The van der Waals surface area contributed by atoms with Crippen LogP contribution < -0.4 is 0 Å². The summed E-state index contributed by atoms with van der Waals surface area (Å²) in [6, 6.07) is 0. The number of aliphatic carboxylic acids is 1. The fourth-order valence-electron chi connectivity index (χ4n) is 2.63. The lowest BCUT2D eigenvalue weighted by Crippen LogP contribution is -2.40. The Hall–Kier alpha value is -1.69. The Morgan fingerprint density at radius 1 is 1.52 bits per heavy atom. The number of likely N-dealkylation sites (tertiary alicyclic amines) is 1. The minimum atomic E-state index is -0.819. The molecule has 1 aromatic rings. The van der Waals surface area contributed by atoms with E-state index in [1.807, 2.05) is 26.2 Å². The van der Waals surface area contributed by atoms with Crippen LogP contribution >= 0.6 is 11.3 Å². The van der Waals surface area contributed by atoms with Crippen molar-refractivity contribution in [2.75, 3.05) is 13.1 Å². The molecule has 21 heavy (non-hydrogen) atoms. The molecule has 114 valence electrons. The maximum absolute atomic E-state index is 12.2. The summed E-state index contributed by atoms with van der Waals surface area (Å²) in [5.74, 6) is -0.964. The molecule has 1 atom stereocenters. The summed E-state index contributed by atoms with van der Waals surface area (Å²) >= 11 is 1.53. The lowest BCUT2D eigenvalue weighted by atomic mass is 9.76. The minimum Gasteiger partial charge on any atom is -0.481 e. The lowest BCUT2D eigenvalue weighted by molar-refractivity contribution is -0.151. The number of nitrogens with zero attached hydrogens (tertiary/aromatic N) is 2. The predicted molar refractivity (Wildman–Crippen MR) is 82.0 cm³/mol. The number of rotatable bonds is 4. The molecule has 1 aliphatic heterocycles. The van der Waals surface area contributed by atoms with Gasteiger partial charge in [0.15, 0.2) is 0 Å². The predicted octanol–water partition coefficient (Wildman–Crippen LogP) is 2.42. The summed E-state index contributed by atoms with van der Waals surface area (Å²) < 4.78 is 0. The topological polar surface area (TPSA) is 70.5 Å². The van der Waals surface area contributed by atoms with E-state index >= 15 is 0 Å². The van der Waals surface area contributed by atoms with Crippen molar-refractivity contribution < 1.29 is 14.7 Å². The Kier molecular flexibility index (Phi) is 4.46.